The molecule has 1 rings (SSSR count). The first-order chi connectivity index (χ1) is 5.65. The maximum Gasteiger partial charge on any atom is 0.0863 e. The Morgan fingerprint density at radius 2 is 1.58 bits per heavy atom. The second kappa shape index (κ2) is 4.19. The molecule has 0 atom stereocenters. The third-order valence-corrected chi connectivity index (χ3v) is 2.07. The first kappa shape index (κ1) is 9.93. The Hall–Kier alpha value is -0.150. The maximum atomic E-state index is 5.84. The van der Waals surface area contributed by atoms with Crippen molar-refractivity contribution in [1.82, 2.24) is 5.43 Å². The fraction of sp³-hybridized carbons (Fsp3) is 0.143. The van der Waals surface area contributed by atoms with Crippen molar-refractivity contribution in [3.63, 3.8) is 0 Å². The van der Waals surface area contributed by atoms with Crippen molar-refractivity contribution in [3.05, 3.63) is 27.2 Å². The summed E-state index contributed by atoms with van der Waals surface area (Å²) in [7, 11) is 1.72. The minimum Gasteiger partial charge on any atom is -0.319 e. The summed E-state index contributed by atoms with van der Waals surface area (Å²) in [5.74, 6) is 0. The molecular weight excluding hydrogens is 218 g/mol. The Labute approximate surface area is 85.8 Å². The average molecular weight is 226 g/mol. The molecule has 0 bridgehead atoms. The molecule has 1 aromatic rings. The number of benzene rings is 1. The summed E-state index contributed by atoms with van der Waals surface area (Å²) in [6.45, 7) is 0. The van der Waals surface area contributed by atoms with E-state index in [1.165, 1.54) is 0 Å². The van der Waals surface area contributed by atoms with Gasteiger partial charge in [0.15, 0.2) is 0 Å². The van der Waals surface area contributed by atoms with Crippen LogP contribution in [0, 0.1) is 0 Å². The van der Waals surface area contributed by atoms with E-state index >= 15 is 0 Å². The zero-order chi connectivity index (χ0) is 9.14. The van der Waals surface area contributed by atoms with Crippen molar-refractivity contribution >= 4 is 40.5 Å². The summed E-state index contributed by atoms with van der Waals surface area (Å²) < 4.78 is 0. The van der Waals surface area contributed by atoms with Crippen LogP contribution in [0.4, 0.5) is 5.69 Å². The Morgan fingerprint density at radius 3 is 2.00 bits per heavy atom. The van der Waals surface area contributed by atoms with Gasteiger partial charge in [0.05, 0.1) is 15.7 Å². The molecule has 0 unspecified atom stereocenters. The zero-order valence-corrected chi connectivity index (χ0v) is 8.56. The molecule has 0 saturated carbocycles. The SMILES string of the molecule is CNNc1c(Cl)cc(Cl)cc1Cl. The van der Waals surface area contributed by atoms with Gasteiger partial charge in [-0.3, -0.25) is 0 Å². The lowest BCUT2D eigenvalue weighted by molar-refractivity contribution is 0.984. The largest absolute Gasteiger partial charge is 0.319 e. The lowest BCUT2D eigenvalue weighted by Crippen LogP contribution is -2.15. The highest BCUT2D eigenvalue weighted by molar-refractivity contribution is 6.41. The van der Waals surface area contributed by atoms with E-state index in [2.05, 4.69) is 10.9 Å². The van der Waals surface area contributed by atoms with E-state index in [1.54, 1.807) is 19.2 Å². The quantitative estimate of drug-likeness (QED) is 0.756. The highest BCUT2D eigenvalue weighted by Crippen LogP contribution is 2.32. The predicted octanol–water partition coefficient (Wildman–Crippen LogP) is 3.19. The molecule has 0 aliphatic rings. The Kier molecular flexibility index (Phi) is 3.47. The lowest BCUT2D eigenvalue weighted by atomic mass is 10.3. The van der Waals surface area contributed by atoms with Crippen molar-refractivity contribution in [2.45, 2.75) is 0 Å². The van der Waals surface area contributed by atoms with Gasteiger partial charge >= 0.3 is 0 Å². The van der Waals surface area contributed by atoms with E-state index in [1.807, 2.05) is 0 Å². The lowest BCUT2D eigenvalue weighted by Gasteiger charge is -2.08. The third-order valence-electron chi connectivity index (χ3n) is 1.26. The number of rotatable bonds is 2. The molecule has 2 N–H and O–H groups in total. The molecule has 1 aromatic carbocycles. The number of hydrazine groups is 1. The highest BCUT2D eigenvalue weighted by atomic mass is 35.5. The van der Waals surface area contributed by atoms with Gasteiger partial charge < -0.3 is 5.43 Å². The van der Waals surface area contributed by atoms with Crippen LogP contribution in [0.25, 0.3) is 0 Å². The number of nitrogens with one attached hydrogen (secondary N) is 2. The van der Waals surface area contributed by atoms with Gasteiger partial charge in [0.25, 0.3) is 0 Å². The van der Waals surface area contributed by atoms with Gasteiger partial charge in [-0.1, -0.05) is 34.8 Å². The van der Waals surface area contributed by atoms with Crippen LogP contribution in [0.5, 0.6) is 0 Å². The van der Waals surface area contributed by atoms with Crippen LogP contribution in [0.3, 0.4) is 0 Å². The smallest absolute Gasteiger partial charge is 0.0863 e. The van der Waals surface area contributed by atoms with E-state index in [-0.39, 0.29) is 0 Å². The molecule has 0 spiro atoms. The van der Waals surface area contributed by atoms with E-state index in [4.69, 9.17) is 34.8 Å². The number of hydrogen-bond acceptors (Lipinski definition) is 2. The van der Waals surface area contributed by atoms with Crippen LogP contribution >= 0.6 is 34.8 Å². The second-order valence-corrected chi connectivity index (χ2v) is 3.37. The Bertz CT molecular complexity index is 265. The summed E-state index contributed by atoms with van der Waals surface area (Å²) in [6, 6.07) is 3.24. The van der Waals surface area contributed by atoms with Crippen LogP contribution in [-0.4, -0.2) is 7.05 Å². The van der Waals surface area contributed by atoms with Crippen LogP contribution in [-0.2, 0) is 0 Å². The number of hydrogen-bond donors (Lipinski definition) is 2. The highest BCUT2D eigenvalue weighted by Gasteiger charge is 2.05. The molecule has 66 valence electrons. The third kappa shape index (κ3) is 2.17. The van der Waals surface area contributed by atoms with Gasteiger partial charge in [0.2, 0.25) is 0 Å². The molecule has 0 fully saturated rings. The monoisotopic (exact) mass is 224 g/mol. The maximum absolute atomic E-state index is 5.84. The summed E-state index contributed by atoms with van der Waals surface area (Å²) in [6.07, 6.45) is 0. The van der Waals surface area contributed by atoms with Gasteiger partial charge in [-0.25, -0.2) is 5.43 Å². The van der Waals surface area contributed by atoms with E-state index in [9.17, 15) is 0 Å². The van der Waals surface area contributed by atoms with E-state index in [0.29, 0.717) is 20.8 Å². The summed E-state index contributed by atoms with van der Waals surface area (Å²) in [5.41, 5.74) is 6.15. The van der Waals surface area contributed by atoms with Crippen molar-refractivity contribution in [1.29, 1.82) is 0 Å². The number of anilines is 1. The van der Waals surface area contributed by atoms with Crippen LogP contribution in [0.2, 0.25) is 15.1 Å². The Balaban J connectivity index is 3.10. The topological polar surface area (TPSA) is 24.1 Å². The molecule has 0 aliphatic heterocycles. The average Bonchev–Trinajstić information content (AvgIpc) is 1.96. The van der Waals surface area contributed by atoms with Gasteiger partial charge in [-0.15, -0.1) is 0 Å². The molecule has 5 heteroatoms. The first-order valence-corrected chi connectivity index (χ1v) is 4.36. The predicted molar refractivity (Wildman–Crippen MR) is 54.2 cm³/mol. The van der Waals surface area contributed by atoms with Gasteiger partial charge in [-0.05, 0) is 12.1 Å². The van der Waals surface area contributed by atoms with Crippen molar-refractivity contribution in [3.8, 4) is 0 Å². The Morgan fingerprint density at radius 1 is 1.08 bits per heavy atom. The number of halogens is 3. The summed E-state index contributed by atoms with van der Waals surface area (Å²) in [4.78, 5) is 0. The molecule has 0 amide bonds. The normalized spacial score (nSPS) is 10.0. The molecule has 0 saturated heterocycles. The molecule has 0 aromatic heterocycles. The minimum atomic E-state index is 0.488. The van der Waals surface area contributed by atoms with E-state index in [0.717, 1.165) is 0 Å². The van der Waals surface area contributed by atoms with Crippen molar-refractivity contribution in [2.75, 3.05) is 12.5 Å². The van der Waals surface area contributed by atoms with E-state index < -0.39 is 0 Å². The van der Waals surface area contributed by atoms with Crippen LogP contribution in [0.1, 0.15) is 0 Å². The molecule has 12 heavy (non-hydrogen) atoms. The van der Waals surface area contributed by atoms with Gasteiger partial charge in [-0.2, -0.15) is 0 Å². The van der Waals surface area contributed by atoms with Gasteiger partial charge in [0.1, 0.15) is 0 Å². The second-order valence-electron chi connectivity index (χ2n) is 2.12. The van der Waals surface area contributed by atoms with Crippen molar-refractivity contribution in [2.24, 2.45) is 0 Å². The van der Waals surface area contributed by atoms with Crippen LogP contribution in [0.15, 0.2) is 12.1 Å². The fourth-order valence-electron chi connectivity index (χ4n) is 0.787. The molecular formula is C7H7Cl3N2. The first-order valence-electron chi connectivity index (χ1n) is 3.22. The molecule has 2 nitrogen and oxygen atoms in total. The summed E-state index contributed by atoms with van der Waals surface area (Å²) >= 11 is 17.4. The van der Waals surface area contributed by atoms with Gasteiger partial charge in [0, 0.05) is 12.1 Å². The zero-order valence-electron chi connectivity index (χ0n) is 6.29. The van der Waals surface area contributed by atoms with Crippen molar-refractivity contribution < 1.29 is 0 Å². The molecule has 0 heterocycles. The summed E-state index contributed by atoms with van der Waals surface area (Å²) in [5, 5.41) is 1.50. The molecule has 0 aliphatic carbocycles. The molecule has 0 radical (unpaired) electrons. The minimum absolute atomic E-state index is 0.488. The van der Waals surface area contributed by atoms with Crippen LogP contribution < -0.4 is 10.9 Å². The standard InChI is InChI=1S/C7H7Cl3N2/c1-11-12-7-5(9)2-4(8)3-6(7)10/h2-3,11-12H,1H3. The fourth-order valence-corrected chi connectivity index (χ4v) is 1.70.